The van der Waals surface area contributed by atoms with E-state index in [0.29, 0.717) is 0 Å². The second-order valence-corrected chi connectivity index (χ2v) is 6.56. The fourth-order valence-corrected chi connectivity index (χ4v) is 3.52. The van der Waals surface area contributed by atoms with Crippen LogP contribution in [-0.2, 0) is 13.0 Å². The third-order valence-corrected chi connectivity index (χ3v) is 4.65. The number of halogens is 1. The first-order chi connectivity index (χ1) is 10.2. The molecular formula is C16H13BrN2OS. The van der Waals surface area contributed by atoms with Gasteiger partial charge in [0.05, 0.1) is 17.6 Å². The monoisotopic (exact) mass is 360 g/mol. The molecule has 1 aliphatic rings. The Morgan fingerprint density at radius 1 is 1.29 bits per heavy atom. The standard InChI is InChI=1S/C16H13BrN2OS/c17-11-5-6-14-13(8-11)18-16(21)19(14)9-12-7-10-3-1-2-4-15(10)20-12/h1-6,8,12H,7,9H2,(H,18,21). The zero-order valence-corrected chi connectivity index (χ0v) is 13.6. The molecule has 2 heterocycles. The Balaban J connectivity index is 1.67. The van der Waals surface area contributed by atoms with Crippen molar-refractivity contribution in [2.24, 2.45) is 0 Å². The molecular weight excluding hydrogens is 348 g/mol. The van der Waals surface area contributed by atoms with Crippen molar-refractivity contribution in [3.63, 3.8) is 0 Å². The largest absolute Gasteiger partial charge is 0.488 e. The molecule has 2 aromatic carbocycles. The second kappa shape index (κ2) is 5.00. The van der Waals surface area contributed by atoms with Gasteiger partial charge in [0, 0.05) is 10.9 Å². The number of ether oxygens (including phenoxy) is 1. The van der Waals surface area contributed by atoms with E-state index in [9.17, 15) is 0 Å². The van der Waals surface area contributed by atoms with Gasteiger partial charge in [0.15, 0.2) is 4.77 Å². The van der Waals surface area contributed by atoms with E-state index in [4.69, 9.17) is 17.0 Å². The van der Waals surface area contributed by atoms with Crippen LogP contribution in [0.3, 0.4) is 0 Å². The van der Waals surface area contributed by atoms with Crippen LogP contribution < -0.4 is 4.74 Å². The molecule has 5 heteroatoms. The van der Waals surface area contributed by atoms with Crippen LogP contribution in [0.1, 0.15) is 5.56 Å². The number of aromatic nitrogens is 2. The van der Waals surface area contributed by atoms with Crippen LogP contribution in [0.15, 0.2) is 46.9 Å². The minimum Gasteiger partial charge on any atom is -0.488 e. The average molecular weight is 361 g/mol. The molecule has 1 aromatic heterocycles. The predicted octanol–water partition coefficient (Wildman–Crippen LogP) is 4.47. The summed E-state index contributed by atoms with van der Waals surface area (Å²) in [5.41, 5.74) is 3.43. The van der Waals surface area contributed by atoms with Crippen LogP contribution >= 0.6 is 28.1 Å². The highest BCUT2D eigenvalue weighted by molar-refractivity contribution is 9.10. The maximum absolute atomic E-state index is 6.02. The zero-order valence-electron chi connectivity index (χ0n) is 11.2. The molecule has 0 saturated heterocycles. The third-order valence-electron chi connectivity index (χ3n) is 3.84. The summed E-state index contributed by atoms with van der Waals surface area (Å²) >= 11 is 8.94. The second-order valence-electron chi connectivity index (χ2n) is 5.25. The Labute approximate surface area is 135 Å². The lowest BCUT2D eigenvalue weighted by atomic mass is 10.1. The van der Waals surface area contributed by atoms with Gasteiger partial charge in [0.25, 0.3) is 0 Å². The first-order valence-electron chi connectivity index (χ1n) is 6.83. The summed E-state index contributed by atoms with van der Waals surface area (Å²) in [6, 6.07) is 14.4. The first-order valence-corrected chi connectivity index (χ1v) is 8.03. The van der Waals surface area contributed by atoms with E-state index in [-0.39, 0.29) is 6.10 Å². The van der Waals surface area contributed by atoms with Crippen LogP contribution in [-0.4, -0.2) is 15.7 Å². The number of aromatic amines is 1. The van der Waals surface area contributed by atoms with Crippen molar-refractivity contribution in [3.05, 3.63) is 57.3 Å². The van der Waals surface area contributed by atoms with E-state index in [1.807, 2.05) is 24.3 Å². The van der Waals surface area contributed by atoms with Crippen LogP contribution in [0.25, 0.3) is 11.0 Å². The minimum atomic E-state index is 0.136. The van der Waals surface area contributed by atoms with Gasteiger partial charge in [-0.25, -0.2) is 0 Å². The molecule has 0 aliphatic carbocycles. The fraction of sp³-hybridized carbons (Fsp3) is 0.188. The lowest BCUT2D eigenvalue weighted by molar-refractivity contribution is 0.210. The lowest BCUT2D eigenvalue weighted by Gasteiger charge is -2.12. The topological polar surface area (TPSA) is 29.9 Å². The van der Waals surface area contributed by atoms with Gasteiger partial charge in [-0.3, -0.25) is 0 Å². The van der Waals surface area contributed by atoms with Gasteiger partial charge >= 0.3 is 0 Å². The van der Waals surface area contributed by atoms with Crippen molar-refractivity contribution < 1.29 is 4.74 Å². The van der Waals surface area contributed by atoms with Gasteiger partial charge in [-0.15, -0.1) is 0 Å². The van der Waals surface area contributed by atoms with E-state index < -0.39 is 0 Å². The zero-order chi connectivity index (χ0) is 14.4. The van der Waals surface area contributed by atoms with E-state index in [1.54, 1.807) is 0 Å². The molecule has 0 spiro atoms. The quantitative estimate of drug-likeness (QED) is 0.683. The van der Waals surface area contributed by atoms with Gasteiger partial charge < -0.3 is 14.3 Å². The summed E-state index contributed by atoms with van der Waals surface area (Å²) in [5, 5.41) is 0. The molecule has 0 radical (unpaired) electrons. The Kier molecular flexibility index (Phi) is 3.12. The summed E-state index contributed by atoms with van der Waals surface area (Å²) < 4.78 is 9.92. The number of nitrogens with one attached hydrogen (secondary N) is 1. The number of hydrogen-bond donors (Lipinski definition) is 1. The van der Waals surface area contributed by atoms with E-state index in [2.05, 4.69) is 43.7 Å². The van der Waals surface area contributed by atoms with Gasteiger partial charge in [0.1, 0.15) is 11.9 Å². The van der Waals surface area contributed by atoms with Crippen LogP contribution in [0.4, 0.5) is 0 Å². The molecule has 3 nitrogen and oxygen atoms in total. The van der Waals surface area contributed by atoms with E-state index in [1.165, 1.54) is 5.56 Å². The van der Waals surface area contributed by atoms with Crippen molar-refractivity contribution >= 4 is 39.2 Å². The maximum Gasteiger partial charge on any atom is 0.178 e. The number of nitrogens with zero attached hydrogens (tertiary/aromatic N) is 1. The van der Waals surface area contributed by atoms with Gasteiger partial charge in [-0.1, -0.05) is 34.1 Å². The summed E-state index contributed by atoms with van der Waals surface area (Å²) in [4.78, 5) is 3.26. The molecule has 0 bridgehead atoms. The molecule has 4 rings (SSSR count). The molecule has 1 N–H and O–H groups in total. The van der Waals surface area contributed by atoms with Crippen LogP contribution in [0.2, 0.25) is 0 Å². The highest BCUT2D eigenvalue weighted by atomic mass is 79.9. The van der Waals surface area contributed by atoms with Gasteiger partial charge in [-0.05, 0) is 42.0 Å². The fourth-order valence-electron chi connectivity index (χ4n) is 2.88. The number of benzene rings is 2. The number of hydrogen-bond acceptors (Lipinski definition) is 2. The normalized spacial score (nSPS) is 16.9. The van der Waals surface area contributed by atoms with Gasteiger partial charge in [-0.2, -0.15) is 0 Å². The molecule has 0 fully saturated rings. The molecule has 21 heavy (non-hydrogen) atoms. The van der Waals surface area contributed by atoms with Crippen molar-refractivity contribution in [1.29, 1.82) is 0 Å². The highest BCUT2D eigenvalue weighted by Crippen LogP contribution is 2.29. The van der Waals surface area contributed by atoms with Crippen LogP contribution in [0, 0.1) is 4.77 Å². The molecule has 1 atom stereocenters. The molecule has 1 aliphatic heterocycles. The Morgan fingerprint density at radius 2 is 2.14 bits per heavy atom. The summed E-state index contributed by atoms with van der Waals surface area (Å²) in [6.45, 7) is 0.759. The third kappa shape index (κ3) is 2.30. The number of H-pyrrole nitrogens is 1. The highest BCUT2D eigenvalue weighted by Gasteiger charge is 2.23. The van der Waals surface area contributed by atoms with E-state index in [0.717, 1.165) is 39.0 Å². The minimum absolute atomic E-state index is 0.136. The van der Waals surface area contributed by atoms with Crippen molar-refractivity contribution in [3.8, 4) is 5.75 Å². The Bertz CT molecular complexity index is 858. The Morgan fingerprint density at radius 3 is 3.00 bits per heavy atom. The molecule has 0 amide bonds. The Hall–Kier alpha value is -1.59. The summed E-state index contributed by atoms with van der Waals surface area (Å²) in [7, 11) is 0. The maximum atomic E-state index is 6.02. The smallest absolute Gasteiger partial charge is 0.178 e. The number of fused-ring (bicyclic) bond motifs is 2. The SMILES string of the molecule is S=c1[nH]c2cc(Br)ccc2n1CC1Cc2ccccc2O1. The number of imidazole rings is 1. The first kappa shape index (κ1) is 13.1. The number of rotatable bonds is 2. The predicted molar refractivity (Wildman–Crippen MR) is 89.4 cm³/mol. The summed E-state index contributed by atoms with van der Waals surface area (Å²) in [5.74, 6) is 0.997. The van der Waals surface area contributed by atoms with Crippen molar-refractivity contribution in [1.82, 2.24) is 9.55 Å². The molecule has 1 unspecified atom stereocenters. The number of para-hydroxylation sites is 1. The van der Waals surface area contributed by atoms with Crippen molar-refractivity contribution in [2.45, 2.75) is 19.1 Å². The summed E-state index contributed by atoms with van der Waals surface area (Å²) in [6.07, 6.45) is 1.07. The lowest BCUT2D eigenvalue weighted by Crippen LogP contribution is -2.20. The average Bonchev–Trinajstić information content (AvgIpc) is 3.00. The van der Waals surface area contributed by atoms with E-state index >= 15 is 0 Å². The molecule has 0 saturated carbocycles. The molecule has 106 valence electrons. The molecule has 3 aromatic rings. The van der Waals surface area contributed by atoms with Crippen molar-refractivity contribution in [2.75, 3.05) is 0 Å². The van der Waals surface area contributed by atoms with Crippen LogP contribution in [0.5, 0.6) is 5.75 Å². The van der Waals surface area contributed by atoms with Gasteiger partial charge in [0.2, 0.25) is 0 Å².